The van der Waals surface area contributed by atoms with Crippen LogP contribution in [0.15, 0.2) is 46.2 Å². The predicted octanol–water partition coefficient (Wildman–Crippen LogP) is 4.89. The van der Waals surface area contributed by atoms with E-state index in [2.05, 4.69) is 5.32 Å². The molecule has 0 atom stereocenters. The van der Waals surface area contributed by atoms with Gasteiger partial charge in [-0.1, -0.05) is 23.9 Å². The van der Waals surface area contributed by atoms with Gasteiger partial charge in [-0.15, -0.1) is 0 Å². The van der Waals surface area contributed by atoms with Crippen LogP contribution in [0.5, 0.6) is 0 Å². The second-order valence-electron chi connectivity index (χ2n) is 5.72. The van der Waals surface area contributed by atoms with Crippen LogP contribution in [0.2, 0.25) is 0 Å². The molecule has 0 aliphatic carbocycles. The molecule has 3 rings (SSSR count). The van der Waals surface area contributed by atoms with Gasteiger partial charge in [0.25, 0.3) is 0 Å². The molecule has 1 aliphatic heterocycles. The van der Waals surface area contributed by atoms with Gasteiger partial charge in [0.2, 0.25) is 0 Å². The van der Waals surface area contributed by atoms with Crippen molar-refractivity contribution in [1.82, 2.24) is 5.32 Å². The zero-order chi connectivity index (χ0) is 15.5. The van der Waals surface area contributed by atoms with Gasteiger partial charge in [0, 0.05) is 9.79 Å². The van der Waals surface area contributed by atoms with Crippen molar-refractivity contribution in [2.75, 3.05) is 13.1 Å². The monoisotopic (exact) mass is 319 g/mol. The first-order valence-corrected chi connectivity index (χ1v) is 8.39. The molecule has 0 radical (unpaired) electrons. The van der Waals surface area contributed by atoms with Crippen LogP contribution in [0.3, 0.4) is 0 Å². The van der Waals surface area contributed by atoms with Crippen molar-refractivity contribution in [1.29, 1.82) is 0 Å². The molecule has 0 unspecified atom stereocenters. The number of hydrogen-bond acceptors (Lipinski definition) is 2. The van der Waals surface area contributed by atoms with Crippen LogP contribution in [0.1, 0.15) is 29.9 Å². The van der Waals surface area contributed by atoms with Gasteiger partial charge in [0.05, 0.1) is 0 Å². The highest BCUT2D eigenvalue weighted by Gasteiger charge is 2.19. The van der Waals surface area contributed by atoms with E-state index in [0.717, 1.165) is 35.7 Å². The van der Waals surface area contributed by atoms with Crippen molar-refractivity contribution in [3.05, 3.63) is 59.2 Å². The van der Waals surface area contributed by atoms with Gasteiger partial charge in [-0.05, 0) is 74.2 Å². The normalized spacial score (nSPS) is 16.0. The fraction of sp³-hybridized carbons (Fsp3) is 0.333. The van der Waals surface area contributed by atoms with Gasteiger partial charge in [-0.3, -0.25) is 0 Å². The first-order chi connectivity index (χ1) is 10.6. The lowest BCUT2D eigenvalue weighted by atomic mass is 9.90. The third-order valence-electron chi connectivity index (χ3n) is 4.13. The molecule has 0 spiro atoms. The van der Waals surface area contributed by atoms with Crippen LogP contribution in [-0.2, 0) is 0 Å². The minimum atomic E-state index is -0.243. The standard InChI is InChI=1S/C18H19F2NS/c1-12-2-4-15(11-17(12)20)22-18-10-14(19)3-5-16(18)13-6-8-21-9-7-13/h2-5,10-11,13,21H,6-9H2,1H3. The van der Waals surface area contributed by atoms with Crippen LogP contribution in [0, 0.1) is 18.6 Å². The molecule has 1 fully saturated rings. The maximum Gasteiger partial charge on any atom is 0.127 e. The van der Waals surface area contributed by atoms with E-state index in [-0.39, 0.29) is 11.6 Å². The maximum atomic E-state index is 13.7. The molecule has 1 N–H and O–H groups in total. The van der Waals surface area contributed by atoms with Gasteiger partial charge in [-0.2, -0.15) is 0 Å². The summed E-state index contributed by atoms with van der Waals surface area (Å²) in [5.74, 6) is -0.0165. The van der Waals surface area contributed by atoms with Crippen molar-refractivity contribution in [2.45, 2.75) is 35.5 Å². The summed E-state index contributed by atoms with van der Waals surface area (Å²) in [6.07, 6.45) is 2.11. The van der Waals surface area contributed by atoms with Crippen LogP contribution >= 0.6 is 11.8 Å². The van der Waals surface area contributed by atoms with Crippen molar-refractivity contribution < 1.29 is 8.78 Å². The lowest BCUT2D eigenvalue weighted by molar-refractivity contribution is 0.455. The molecule has 1 nitrogen and oxygen atoms in total. The fourth-order valence-electron chi connectivity index (χ4n) is 2.83. The van der Waals surface area contributed by atoms with Gasteiger partial charge in [0.15, 0.2) is 0 Å². The van der Waals surface area contributed by atoms with E-state index in [1.807, 2.05) is 12.1 Å². The zero-order valence-electron chi connectivity index (χ0n) is 12.5. The lowest BCUT2D eigenvalue weighted by Gasteiger charge is -2.25. The molecule has 0 saturated carbocycles. The Bertz CT molecular complexity index is 666. The molecule has 1 aliphatic rings. The number of halogens is 2. The molecule has 1 saturated heterocycles. The number of nitrogens with one attached hydrogen (secondary N) is 1. The molecule has 0 aromatic heterocycles. The molecular formula is C18H19F2NS. The summed E-state index contributed by atoms with van der Waals surface area (Å²) >= 11 is 1.44. The summed E-state index contributed by atoms with van der Waals surface area (Å²) in [5.41, 5.74) is 1.80. The third-order valence-corrected chi connectivity index (χ3v) is 5.19. The van der Waals surface area contributed by atoms with Gasteiger partial charge >= 0.3 is 0 Å². The molecule has 2 aromatic rings. The second kappa shape index (κ2) is 6.80. The smallest absolute Gasteiger partial charge is 0.127 e. The summed E-state index contributed by atoms with van der Waals surface area (Å²) in [7, 11) is 0. The first-order valence-electron chi connectivity index (χ1n) is 7.57. The number of piperidine rings is 1. The Morgan fingerprint density at radius 2 is 1.82 bits per heavy atom. The minimum absolute atomic E-state index is 0.218. The van der Waals surface area contributed by atoms with Crippen LogP contribution in [0.4, 0.5) is 8.78 Å². The van der Waals surface area contributed by atoms with Crippen molar-refractivity contribution in [3.63, 3.8) is 0 Å². The highest BCUT2D eigenvalue weighted by Crippen LogP contribution is 2.37. The van der Waals surface area contributed by atoms with E-state index in [1.165, 1.54) is 29.5 Å². The SMILES string of the molecule is Cc1ccc(Sc2cc(F)ccc2C2CCNCC2)cc1F. The Labute approximate surface area is 134 Å². The zero-order valence-corrected chi connectivity index (χ0v) is 13.4. The highest BCUT2D eigenvalue weighted by molar-refractivity contribution is 7.99. The molecule has 2 aromatic carbocycles. The summed E-state index contributed by atoms with van der Waals surface area (Å²) in [6.45, 7) is 3.73. The molecule has 0 bridgehead atoms. The Balaban J connectivity index is 1.90. The van der Waals surface area contributed by atoms with Crippen LogP contribution in [0.25, 0.3) is 0 Å². The Kier molecular flexibility index (Phi) is 4.79. The molecule has 116 valence electrons. The average Bonchev–Trinajstić information content (AvgIpc) is 2.52. The van der Waals surface area contributed by atoms with Gasteiger partial charge in [-0.25, -0.2) is 8.78 Å². The van der Waals surface area contributed by atoms with E-state index >= 15 is 0 Å². The molecule has 4 heteroatoms. The highest BCUT2D eigenvalue weighted by atomic mass is 32.2. The van der Waals surface area contributed by atoms with Crippen molar-refractivity contribution in [3.8, 4) is 0 Å². The van der Waals surface area contributed by atoms with Gasteiger partial charge in [0.1, 0.15) is 11.6 Å². The maximum absolute atomic E-state index is 13.7. The molecular weight excluding hydrogens is 300 g/mol. The van der Waals surface area contributed by atoms with Crippen molar-refractivity contribution >= 4 is 11.8 Å². The second-order valence-corrected chi connectivity index (χ2v) is 6.83. The van der Waals surface area contributed by atoms with E-state index < -0.39 is 0 Å². The number of benzene rings is 2. The summed E-state index contributed by atoms with van der Waals surface area (Å²) in [6, 6.07) is 10.2. The van der Waals surface area contributed by atoms with E-state index in [0.29, 0.717) is 11.5 Å². The Morgan fingerprint density at radius 3 is 2.55 bits per heavy atom. The fourth-order valence-corrected chi connectivity index (χ4v) is 3.91. The van der Waals surface area contributed by atoms with Crippen LogP contribution in [-0.4, -0.2) is 13.1 Å². The van der Waals surface area contributed by atoms with E-state index in [1.54, 1.807) is 19.1 Å². The van der Waals surface area contributed by atoms with Gasteiger partial charge < -0.3 is 5.32 Å². The first kappa shape index (κ1) is 15.5. The Hall–Kier alpha value is -1.39. The summed E-state index contributed by atoms with van der Waals surface area (Å²) in [4.78, 5) is 1.71. The number of hydrogen-bond donors (Lipinski definition) is 1. The topological polar surface area (TPSA) is 12.0 Å². The average molecular weight is 319 g/mol. The minimum Gasteiger partial charge on any atom is -0.317 e. The Morgan fingerprint density at radius 1 is 1.05 bits per heavy atom. The molecule has 1 heterocycles. The molecule has 0 amide bonds. The van der Waals surface area contributed by atoms with Crippen LogP contribution < -0.4 is 5.32 Å². The number of aryl methyl sites for hydroxylation is 1. The third kappa shape index (κ3) is 3.50. The van der Waals surface area contributed by atoms with E-state index in [9.17, 15) is 8.78 Å². The van der Waals surface area contributed by atoms with E-state index in [4.69, 9.17) is 0 Å². The largest absolute Gasteiger partial charge is 0.317 e. The summed E-state index contributed by atoms with van der Waals surface area (Å²) in [5, 5.41) is 3.35. The van der Waals surface area contributed by atoms with Crippen molar-refractivity contribution in [2.24, 2.45) is 0 Å². The molecule has 22 heavy (non-hydrogen) atoms. The quantitative estimate of drug-likeness (QED) is 0.864. The predicted molar refractivity (Wildman–Crippen MR) is 86.5 cm³/mol. The summed E-state index contributed by atoms with van der Waals surface area (Å²) < 4.78 is 27.4. The lowest BCUT2D eigenvalue weighted by Crippen LogP contribution is -2.26. The number of rotatable bonds is 3.